The number of hydrogen-bond acceptors (Lipinski definition) is 3. The van der Waals surface area contributed by atoms with Crippen LogP contribution in [0, 0.1) is 6.92 Å². The number of Topliss-reactive ketones (excluding diaryl/α,β-unsaturated/α-hetero) is 1. The molecule has 0 fully saturated rings. The van der Waals surface area contributed by atoms with Gasteiger partial charge in [0.1, 0.15) is 0 Å². The second-order valence-electron chi connectivity index (χ2n) is 7.89. The topological polar surface area (TPSA) is 57.6 Å². The third kappa shape index (κ3) is 3.79. The van der Waals surface area contributed by atoms with Crippen LogP contribution in [-0.4, -0.2) is 23.3 Å². The molecule has 30 heavy (non-hydrogen) atoms. The molecule has 0 radical (unpaired) electrons. The van der Waals surface area contributed by atoms with Gasteiger partial charge in [0.05, 0.1) is 12.1 Å². The first-order valence-electron chi connectivity index (χ1n) is 10.3. The predicted molar refractivity (Wildman–Crippen MR) is 118 cm³/mol. The maximum atomic E-state index is 13.3. The third-order valence-electron chi connectivity index (χ3n) is 5.72. The molecule has 1 aliphatic rings. The molecule has 1 heterocycles. The van der Waals surface area contributed by atoms with Crippen molar-refractivity contribution in [3.8, 4) is 0 Å². The summed E-state index contributed by atoms with van der Waals surface area (Å²) in [7, 11) is 0. The summed E-state index contributed by atoms with van der Waals surface area (Å²) in [4.78, 5) is 27.7. The second-order valence-corrected chi connectivity index (χ2v) is 7.89. The van der Waals surface area contributed by atoms with Crippen LogP contribution in [0.3, 0.4) is 0 Å². The molecule has 1 atom stereocenters. The molecule has 4 heteroatoms. The van der Waals surface area contributed by atoms with Crippen LogP contribution in [0.5, 0.6) is 0 Å². The standard InChI is InChI=1S/C26H25NO3/c1-19-13-15-21(16-14-19)24(28)18-26(30)22-11-5-6-12-23(22)27(25(26)29)17-7-10-20-8-3-2-4-9-20/h2-6,8-9,11-16,30H,7,10,17-18H2,1H3. The highest BCUT2D eigenvalue weighted by molar-refractivity contribution is 6.10. The van der Waals surface area contributed by atoms with Gasteiger partial charge in [0.25, 0.3) is 5.91 Å². The number of nitrogens with zero attached hydrogens (tertiary/aromatic N) is 1. The molecular formula is C26H25NO3. The van der Waals surface area contributed by atoms with Crippen molar-refractivity contribution >= 4 is 17.4 Å². The van der Waals surface area contributed by atoms with E-state index >= 15 is 0 Å². The van der Waals surface area contributed by atoms with Crippen LogP contribution >= 0.6 is 0 Å². The van der Waals surface area contributed by atoms with Gasteiger partial charge in [-0.05, 0) is 31.4 Å². The lowest BCUT2D eigenvalue weighted by Gasteiger charge is -2.23. The summed E-state index contributed by atoms with van der Waals surface area (Å²) >= 11 is 0. The number of para-hydroxylation sites is 1. The molecule has 1 amide bonds. The van der Waals surface area contributed by atoms with Crippen LogP contribution in [0.2, 0.25) is 0 Å². The van der Waals surface area contributed by atoms with Crippen LogP contribution in [0.4, 0.5) is 5.69 Å². The average Bonchev–Trinajstić information content (AvgIpc) is 2.97. The zero-order valence-corrected chi connectivity index (χ0v) is 17.0. The normalized spacial score (nSPS) is 17.8. The molecule has 152 valence electrons. The number of aryl methyl sites for hydroxylation is 2. The van der Waals surface area contributed by atoms with Crippen LogP contribution in [-0.2, 0) is 16.8 Å². The average molecular weight is 399 g/mol. The van der Waals surface area contributed by atoms with E-state index in [0.717, 1.165) is 18.4 Å². The minimum Gasteiger partial charge on any atom is -0.375 e. The maximum Gasteiger partial charge on any atom is 0.264 e. The highest BCUT2D eigenvalue weighted by atomic mass is 16.3. The van der Waals surface area contributed by atoms with E-state index in [1.54, 1.807) is 29.2 Å². The monoisotopic (exact) mass is 399 g/mol. The van der Waals surface area contributed by atoms with Crippen LogP contribution in [0.25, 0.3) is 0 Å². The lowest BCUT2D eigenvalue weighted by atomic mass is 9.88. The number of aliphatic hydroxyl groups is 1. The lowest BCUT2D eigenvalue weighted by molar-refractivity contribution is -0.135. The molecule has 0 aliphatic carbocycles. The Bertz CT molecular complexity index is 1060. The van der Waals surface area contributed by atoms with Gasteiger partial charge in [-0.25, -0.2) is 0 Å². The smallest absolute Gasteiger partial charge is 0.264 e. The number of rotatable bonds is 7. The van der Waals surface area contributed by atoms with E-state index in [2.05, 4.69) is 12.1 Å². The SMILES string of the molecule is Cc1ccc(C(=O)CC2(O)C(=O)N(CCCc3ccccc3)c3ccccc32)cc1. The molecule has 1 unspecified atom stereocenters. The van der Waals surface area contributed by atoms with Crippen molar-refractivity contribution in [2.75, 3.05) is 11.4 Å². The minimum absolute atomic E-state index is 0.244. The largest absolute Gasteiger partial charge is 0.375 e. The summed E-state index contributed by atoms with van der Waals surface area (Å²) in [6.45, 7) is 2.44. The fraction of sp³-hybridized carbons (Fsp3) is 0.231. The maximum absolute atomic E-state index is 13.3. The molecule has 0 spiro atoms. The van der Waals surface area contributed by atoms with Crippen molar-refractivity contribution in [1.29, 1.82) is 0 Å². The van der Waals surface area contributed by atoms with E-state index in [1.165, 1.54) is 5.56 Å². The van der Waals surface area contributed by atoms with Gasteiger partial charge >= 0.3 is 0 Å². The minimum atomic E-state index is -1.83. The molecule has 4 nitrogen and oxygen atoms in total. The molecular weight excluding hydrogens is 374 g/mol. The number of ketones is 1. The fourth-order valence-electron chi connectivity index (χ4n) is 4.06. The van der Waals surface area contributed by atoms with Crippen molar-refractivity contribution in [2.24, 2.45) is 0 Å². The first kappa shape index (κ1) is 20.0. The van der Waals surface area contributed by atoms with E-state index in [4.69, 9.17) is 0 Å². The summed E-state index contributed by atoms with van der Waals surface area (Å²) in [6.07, 6.45) is 1.35. The second kappa shape index (κ2) is 8.25. The van der Waals surface area contributed by atoms with Crippen LogP contribution in [0.15, 0.2) is 78.9 Å². The van der Waals surface area contributed by atoms with Gasteiger partial charge in [-0.2, -0.15) is 0 Å². The number of hydrogen-bond donors (Lipinski definition) is 1. The third-order valence-corrected chi connectivity index (χ3v) is 5.72. The van der Waals surface area contributed by atoms with Gasteiger partial charge in [-0.15, -0.1) is 0 Å². The van der Waals surface area contributed by atoms with Gasteiger partial charge in [-0.3, -0.25) is 9.59 Å². The Labute approximate surface area is 176 Å². The molecule has 1 aliphatic heterocycles. The van der Waals surface area contributed by atoms with Gasteiger partial charge in [0.2, 0.25) is 0 Å². The molecule has 0 saturated carbocycles. The Balaban J connectivity index is 1.54. The van der Waals surface area contributed by atoms with Crippen LogP contribution < -0.4 is 4.90 Å². The van der Waals surface area contributed by atoms with E-state index < -0.39 is 11.5 Å². The Morgan fingerprint density at radius 3 is 2.33 bits per heavy atom. The molecule has 3 aromatic rings. The Hall–Kier alpha value is -3.24. The van der Waals surface area contributed by atoms with Crippen LogP contribution in [0.1, 0.15) is 39.9 Å². The lowest BCUT2D eigenvalue weighted by Crippen LogP contribution is -2.42. The van der Waals surface area contributed by atoms with Gasteiger partial charge in [0.15, 0.2) is 11.4 Å². The van der Waals surface area contributed by atoms with Crippen molar-refractivity contribution in [3.63, 3.8) is 0 Å². The Morgan fingerprint density at radius 1 is 0.933 bits per heavy atom. The zero-order valence-electron chi connectivity index (χ0n) is 17.0. The van der Waals surface area contributed by atoms with Crippen molar-refractivity contribution in [1.82, 2.24) is 0 Å². The highest BCUT2D eigenvalue weighted by Crippen LogP contribution is 2.42. The van der Waals surface area contributed by atoms with E-state index in [-0.39, 0.29) is 12.2 Å². The summed E-state index contributed by atoms with van der Waals surface area (Å²) in [5.74, 6) is -0.663. The zero-order chi connectivity index (χ0) is 21.1. The summed E-state index contributed by atoms with van der Waals surface area (Å²) in [5.41, 5.74) is 2.14. The molecule has 3 aromatic carbocycles. The Morgan fingerprint density at radius 2 is 1.60 bits per heavy atom. The number of amides is 1. The first-order valence-corrected chi connectivity index (χ1v) is 10.3. The summed E-state index contributed by atoms with van der Waals surface area (Å²) in [6, 6.07) is 24.5. The first-order chi connectivity index (χ1) is 14.5. The number of benzene rings is 3. The summed E-state index contributed by atoms with van der Waals surface area (Å²) in [5, 5.41) is 11.4. The van der Waals surface area contributed by atoms with E-state index in [0.29, 0.717) is 23.4 Å². The van der Waals surface area contributed by atoms with Gasteiger partial charge in [0, 0.05) is 17.7 Å². The van der Waals surface area contributed by atoms with Crippen molar-refractivity contribution in [2.45, 2.75) is 31.8 Å². The fourth-order valence-corrected chi connectivity index (χ4v) is 4.06. The molecule has 0 saturated heterocycles. The highest BCUT2D eigenvalue weighted by Gasteiger charge is 2.50. The van der Waals surface area contributed by atoms with E-state index in [9.17, 15) is 14.7 Å². The number of fused-ring (bicyclic) bond motifs is 1. The molecule has 1 N–H and O–H groups in total. The van der Waals surface area contributed by atoms with E-state index in [1.807, 2.05) is 49.4 Å². The predicted octanol–water partition coefficient (Wildman–Crippen LogP) is 4.44. The number of carbonyl (C=O) groups is 2. The molecule has 0 bridgehead atoms. The molecule has 0 aromatic heterocycles. The van der Waals surface area contributed by atoms with Gasteiger partial charge < -0.3 is 10.0 Å². The number of anilines is 1. The van der Waals surface area contributed by atoms with Crippen molar-refractivity contribution in [3.05, 3.63) is 101 Å². The Kier molecular flexibility index (Phi) is 5.51. The quantitative estimate of drug-likeness (QED) is 0.598. The van der Waals surface area contributed by atoms with Crippen molar-refractivity contribution < 1.29 is 14.7 Å². The van der Waals surface area contributed by atoms with Gasteiger partial charge in [-0.1, -0.05) is 78.4 Å². The molecule has 4 rings (SSSR count). The number of carbonyl (C=O) groups excluding carboxylic acids is 2. The summed E-state index contributed by atoms with van der Waals surface area (Å²) < 4.78 is 0.